The van der Waals surface area contributed by atoms with E-state index < -0.39 is 22.3 Å². The maximum atomic E-state index is 13.4. The first kappa shape index (κ1) is 24.8. The molecule has 5 rings (SSSR count). The number of ketones is 1. The maximum Gasteiger partial charge on any atom is 0.333 e. The summed E-state index contributed by atoms with van der Waals surface area (Å²) in [7, 11) is -4.09. The minimum atomic E-state index is -4.09. The summed E-state index contributed by atoms with van der Waals surface area (Å²) in [4.78, 5) is 21.7. The van der Waals surface area contributed by atoms with Crippen molar-refractivity contribution in [2.45, 2.75) is 43.4 Å². The summed E-state index contributed by atoms with van der Waals surface area (Å²) in [6.07, 6.45) is 8.45. The average molecular weight is 532 g/mol. The Kier molecular flexibility index (Phi) is 6.60. The van der Waals surface area contributed by atoms with E-state index in [4.69, 9.17) is 16.7 Å². The second-order valence-electron chi connectivity index (χ2n) is 9.38. The van der Waals surface area contributed by atoms with Gasteiger partial charge >= 0.3 is 10.3 Å². The van der Waals surface area contributed by atoms with Gasteiger partial charge in [0.25, 0.3) is 0 Å². The Bertz CT molecular complexity index is 1390. The molecular weight excluding hydrogens is 506 g/mol. The number of carbonyl (C=O) groups is 1. The number of nitrogens with one attached hydrogen (secondary N) is 1. The number of rotatable bonds is 9. The van der Waals surface area contributed by atoms with E-state index in [0.717, 1.165) is 18.4 Å². The average Bonchev–Trinajstić information content (AvgIpc) is 3.35. The van der Waals surface area contributed by atoms with Gasteiger partial charge in [0.05, 0.1) is 23.8 Å². The van der Waals surface area contributed by atoms with Gasteiger partial charge in [-0.2, -0.15) is 8.42 Å². The first-order valence-electron chi connectivity index (χ1n) is 11.6. The van der Waals surface area contributed by atoms with Crippen LogP contribution in [0.4, 0.5) is 5.82 Å². The molecule has 0 spiro atoms. The number of aromatic nitrogens is 3. The summed E-state index contributed by atoms with van der Waals surface area (Å²) in [6.45, 7) is -0.213. The Morgan fingerprint density at radius 1 is 1.31 bits per heavy atom. The number of anilines is 1. The first-order valence-corrected chi connectivity index (χ1v) is 13.4. The van der Waals surface area contributed by atoms with E-state index in [9.17, 15) is 18.3 Å². The maximum absolute atomic E-state index is 13.4. The molecule has 190 valence electrons. The van der Waals surface area contributed by atoms with Crippen molar-refractivity contribution in [1.82, 2.24) is 14.5 Å². The van der Waals surface area contributed by atoms with E-state index in [0.29, 0.717) is 34.8 Å². The quantitative estimate of drug-likeness (QED) is 0.356. The van der Waals surface area contributed by atoms with Crippen LogP contribution in [-0.4, -0.2) is 52.6 Å². The van der Waals surface area contributed by atoms with Gasteiger partial charge in [-0.3, -0.25) is 8.98 Å². The minimum Gasteiger partial charge on any atom is -0.393 e. The zero-order valence-corrected chi connectivity index (χ0v) is 20.8. The van der Waals surface area contributed by atoms with E-state index in [1.807, 2.05) is 36.7 Å². The van der Waals surface area contributed by atoms with Gasteiger partial charge in [0, 0.05) is 41.1 Å². The van der Waals surface area contributed by atoms with Crippen LogP contribution in [0.2, 0.25) is 5.02 Å². The zero-order chi connectivity index (χ0) is 25.5. The van der Waals surface area contributed by atoms with Crippen molar-refractivity contribution in [3.8, 4) is 0 Å². The van der Waals surface area contributed by atoms with E-state index in [1.54, 1.807) is 6.07 Å². The molecule has 3 unspecified atom stereocenters. The Morgan fingerprint density at radius 2 is 2.11 bits per heavy atom. The number of hydrogen-bond donors (Lipinski definition) is 3. The fraction of sp³-hybridized carbons (Fsp3) is 0.375. The Morgan fingerprint density at radius 3 is 2.83 bits per heavy atom. The molecule has 2 aliphatic carbocycles. The van der Waals surface area contributed by atoms with E-state index in [1.165, 1.54) is 12.5 Å². The van der Waals surface area contributed by atoms with Crippen molar-refractivity contribution < 1.29 is 22.5 Å². The van der Waals surface area contributed by atoms with Crippen molar-refractivity contribution in [2.24, 2.45) is 11.1 Å². The van der Waals surface area contributed by atoms with Gasteiger partial charge in [0.2, 0.25) is 0 Å². The molecule has 0 aliphatic heterocycles. The van der Waals surface area contributed by atoms with Crippen molar-refractivity contribution in [3.63, 3.8) is 0 Å². The summed E-state index contributed by atoms with van der Waals surface area (Å²) >= 11 is 6.21. The molecule has 1 aromatic carbocycles. The largest absolute Gasteiger partial charge is 0.393 e. The predicted molar refractivity (Wildman–Crippen MR) is 133 cm³/mol. The second kappa shape index (κ2) is 9.56. The highest BCUT2D eigenvalue weighted by atomic mass is 35.5. The lowest BCUT2D eigenvalue weighted by molar-refractivity contribution is 0.101. The fourth-order valence-corrected chi connectivity index (χ4v) is 5.49. The zero-order valence-electron chi connectivity index (χ0n) is 19.2. The van der Waals surface area contributed by atoms with Gasteiger partial charge < -0.3 is 15.0 Å². The third kappa shape index (κ3) is 5.16. The van der Waals surface area contributed by atoms with Crippen LogP contribution in [0.5, 0.6) is 0 Å². The molecule has 2 saturated carbocycles. The van der Waals surface area contributed by atoms with Crippen molar-refractivity contribution in [3.05, 3.63) is 77.0 Å². The van der Waals surface area contributed by atoms with Gasteiger partial charge in [-0.1, -0.05) is 23.7 Å². The molecule has 0 radical (unpaired) electrons. The Balaban J connectivity index is 1.32. The molecule has 0 amide bonds. The second-order valence-corrected chi connectivity index (χ2v) is 11.0. The normalized spacial score (nSPS) is 22.9. The van der Waals surface area contributed by atoms with E-state index in [2.05, 4.69) is 24.0 Å². The van der Waals surface area contributed by atoms with Crippen LogP contribution >= 0.6 is 11.6 Å². The van der Waals surface area contributed by atoms with Gasteiger partial charge in [-0.05, 0) is 49.4 Å². The van der Waals surface area contributed by atoms with Crippen LogP contribution in [0.15, 0.2) is 55.2 Å². The fourth-order valence-electron chi connectivity index (χ4n) is 4.93. The lowest BCUT2D eigenvalue weighted by Crippen LogP contribution is -2.24. The molecule has 10 nitrogen and oxygen atoms in total. The molecule has 0 bridgehead atoms. The third-order valence-corrected chi connectivity index (χ3v) is 7.64. The lowest BCUT2D eigenvalue weighted by atomic mass is 10.0. The molecule has 4 N–H and O–H groups in total. The van der Waals surface area contributed by atoms with Crippen LogP contribution in [0.3, 0.4) is 0 Å². The molecule has 2 fully saturated rings. The Labute approximate surface area is 213 Å². The number of nitrogens with two attached hydrogens (primary N) is 1. The highest BCUT2D eigenvalue weighted by molar-refractivity contribution is 7.84. The first-order chi connectivity index (χ1) is 17.1. The molecule has 36 heavy (non-hydrogen) atoms. The number of benzene rings is 1. The van der Waals surface area contributed by atoms with Crippen LogP contribution in [0.1, 0.15) is 47.2 Å². The number of halogens is 1. The topological polar surface area (TPSA) is 149 Å². The highest BCUT2D eigenvalue weighted by Gasteiger charge is 2.46. The van der Waals surface area contributed by atoms with E-state index in [-0.39, 0.29) is 24.0 Å². The number of hydrogen-bond acceptors (Lipinski definition) is 8. The van der Waals surface area contributed by atoms with E-state index >= 15 is 0 Å². The van der Waals surface area contributed by atoms with Crippen LogP contribution in [0.25, 0.3) is 0 Å². The van der Waals surface area contributed by atoms with Crippen molar-refractivity contribution in [2.75, 3.05) is 11.9 Å². The number of carbonyl (C=O) groups excluding carboxylic acids is 1. The monoisotopic (exact) mass is 531 g/mol. The molecule has 2 aromatic heterocycles. The summed E-state index contributed by atoms with van der Waals surface area (Å²) in [5.74, 6) is -0.299. The van der Waals surface area contributed by atoms with Crippen LogP contribution in [-0.2, 0) is 20.0 Å². The minimum absolute atomic E-state index is 0.203. The van der Waals surface area contributed by atoms with Crippen LogP contribution in [0, 0.1) is 5.92 Å². The van der Waals surface area contributed by atoms with Gasteiger partial charge in [-0.25, -0.2) is 15.1 Å². The smallest absolute Gasteiger partial charge is 0.333 e. The highest BCUT2D eigenvalue weighted by Crippen LogP contribution is 2.50. The molecule has 0 saturated heterocycles. The number of aliphatic hydroxyl groups is 1. The lowest BCUT2D eigenvalue weighted by Gasteiger charge is -2.18. The molecular formula is C24H26ClN5O5S. The molecule has 12 heteroatoms. The van der Waals surface area contributed by atoms with Crippen molar-refractivity contribution in [1.29, 1.82) is 0 Å². The summed E-state index contributed by atoms with van der Waals surface area (Å²) in [5.41, 5.74) is 1.72. The SMILES string of the molecule is NS(=O)(=O)OCC1CC(Nc2ncncc2C(=O)c2ccn(C3(c4cccc(Cl)c4)CC3)c2)CC1O. The molecule has 3 atom stereocenters. The standard InChI is InChI=1S/C24H26ClN5O5S/c25-18-3-1-2-17(9-18)24(5-6-24)30-7-4-15(12-30)22(32)20-11-27-14-28-23(20)29-19-8-16(21(31)10-19)13-35-36(26,33)34/h1-4,7,9,11-12,14,16,19,21,31H,5-6,8,10,13H2,(H2,26,33,34)(H,27,28,29). The van der Waals surface area contributed by atoms with Gasteiger partial charge in [0.1, 0.15) is 12.1 Å². The molecule has 3 aromatic rings. The van der Waals surface area contributed by atoms with Gasteiger partial charge in [-0.15, -0.1) is 0 Å². The predicted octanol–water partition coefficient (Wildman–Crippen LogP) is 2.47. The number of aliphatic hydroxyl groups excluding tert-OH is 1. The van der Waals surface area contributed by atoms with Crippen LogP contribution < -0.4 is 10.5 Å². The molecule has 2 aliphatic rings. The van der Waals surface area contributed by atoms with Gasteiger partial charge in [0.15, 0.2) is 5.78 Å². The van der Waals surface area contributed by atoms with Crippen molar-refractivity contribution >= 4 is 33.5 Å². The Hall–Kier alpha value is -2.83. The third-order valence-electron chi connectivity index (χ3n) is 6.94. The summed E-state index contributed by atoms with van der Waals surface area (Å²) < 4.78 is 28.9. The molecule has 2 heterocycles. The number of nitrogens with zero attached hydrogens (tertiary/aromatic N) is 3. The summed E-state index contributed by atoms with van der Waals surface area (Å²) in [5, 5.41) is 19.1. The summed E-state index contributed by atoms with van der Waals surface area (Å²) in [6, 6.07) is 9.32.